The summed E-state index contributed by atoms with van der Waals surface area (Å²) in [6, 6.07) is 3.97. The number of anilines is 1. The molecule has 2 N–H and O–H groups in total. The van der Waals surface area contributed by atoms with Gasteiger partial charge >= 0.3 is 5.97 Å². The van der Waals surface area contributed by atoms with Gasteiger partial charge in [0.1, 0.15) is 5.82 Å². The number of nitrogens with one attached hydrogen (secondary N) is 2. The molecule has 1 aliphatic heterocycles. The Morgan fingerprint density at radius 1 is 1.16 bits per heavy atom. The average Bonchev–Trinajstić information content (AvgIpc) is 2.93. The lowest BCUT2D eigenvalue weighted by molar-refractivity contribution is -0.120. The van der Waals surface area contributed by atoms with E-state index in [0.29, 0.717) is 23.5 Å². The summed E-state index contributed by atoms with van der Waals surface area (Å²) >= 11 is 0. The van der Waals surface area contributed by atoms with Gasteiger partial charge < -0.3 is 19.9 Å². The van der Waals surface area contributed by atoms with Crippen LogP contribution in [-0.4, -0.2) is 47.8 Å². The van der Waals surface area contributed by atoms with Gasteiger partial charge in [-0.15, -0.1) is 0 Å². The average molecular weight is 427 g/mol. The van der Waals surface area contributed by atoms with E-state index in [0.717, 1.165) is 24.5 Å². The molecule has 0 spiro atoms. The van der Waals surface area contributed by atoms with Crippen molar-refractivity contribution in [3.05, 3.63) is 46.4 Å². The van der Waals surface area contributed by atoms with Gasteiger partial charge in [-0.05, 0) is 37.0 Å². The van der Waals surface area contributed by atoms with Gasteiger partial charge in [0.05, 0.1) is 24.8 Å². The highest BCUT2D eigenvalue weighted by molar-refractivity contribution is 6.01. The van der Waals surface area contributed by atoms with E-state index in [2.05, 4.69) is 20.2 Å². The van der Waals surface area contributed by atoms with Gasteiger partial charge in [0.2, 0.25) is 5.91 Å². The number of H-pyrrole nitrogens is 1. The molecule has 8 nitrogen and oxygen atoms in total. The van der Waals surface area contributed by atoms with E-state index in [4.69, 9.17) is 4.74 Å². The predicted octanol–water partition coefficient (Wildman–Crippen LogP) is 2.95. The molecule has 0 aromatic carbocycles. The molecule has 0 radical (unpaired) electrons. The fraction of sp³-hybridized carbons (Fsp3) is 0.478. The molecule has 2 aromatic rings. The van der Waals surface area contributed by atoms with Crippen molar-refractivity contribution in [1.82, 2.24) is 15.3 Å². The van der Waals surface area contributed by atoms with E-state index >= 15 is 0 Å². The Morgan fingerprint density at radius 2 is 1.87 bits per heavy atom. The maximum Gasteiger partial charge on any atom is 0.339 e. The number of pyridine rings is 1. The molecule has 0 atom stereocenters. The van der Waals surface area contributed by atoms with Crippen molar-refractivity contribution >= 4 is 23.5 Å². The quantitative estimate of drug-likeness (QED) is 0.521. The van der Waals surface area contributed by atoms with E-state index in [-0.39, 0.29) is 23.7 Å². The van der Waals surface area contributed by atoms with Gasteiger partial charge in [0.15, 0.2) is 5.78 Å². The molecule has 1 saturated heterocycles. The van der Waals surface area contributed by atoms with Crippen LogP contribution < -0.4 is 10.2 Å². The summed E-state index contributed by atoms with van der Waals surface area (Å²) in [4.78, 5) is 46.2. The number of carbonyl (C=O) groups is 3. The minimum absolute atomic E-state index is 0.0577. The van der Waals surface area contributed by atoms with Crippen LogP contribution in [0, 0.1) is 6.92 Å². The Hall–Kier alpha value is -3.16. The number of amides is 1. The summed E-state index contributed by atoms with van der Waals surface area (Å²) in [5.74, 6) is -0.0707. The summed E-state index contributed by atoms with van der Waals surface area (Å²) in [5.41, 5.74) is 2.33. The van der Waals surface area contributed by atoms with Crippen LogP contribution in [0.15, 0.2) is 18.3 Å². The summed E-state index contributed by atoms with van der Waals surface area (Å²) in [6.45, 7) is 5.47. The van der Waals surface area contributed by atoms with Crippen LogP contribution >= 0.6 is 0 Å². The maximum absolute atomic E-state index is 12.5. The summed E-state index contributed by atoms with van der Waals surface area (Å²) in [5, 5.41) is 2.85. The lowest BCUT2D eigenvalue weighted by atomic mass is 10.1. The molecule has 1 fully saturated rings. The molecule has 8 heteroatoms. The van der Waals surface area contributed by atoms with E-state index in [1.807, 2.05) is 12.1 Å². The van der Waals surface area contributed by atoms with Crippen LogP contribution in [-0.2, 0) is 22.5 Å². The van der Waals surface area contributed by atoms with Crippen LogP contribution in [0.25, 0.3) is 0 Å². The molecular weight excluding hydrogens is 396 g/mol. The smallest absolute Gasteiger partial charge is 0.339 e. The normalized spacial score (nSPS) is 14.1. The van der Waals surface area contributed by atoms with Gasteiger partial charge in [-0.1, -0.05) is 18.9 Å². The number of methoxy groups -OCH3 is 1. The van der Waals surface area contributed by atoms with Crippen molar-refractivity contribution in [2.75, 3.05) is 25.1 Å². The fourth-order valence-electron chi connectivity index (χ4n) is 3.95. The SMILES string of the molecule is COC(=O)c1c(CC(=O)NCc2ccc(N3CCCCCC3)nc2)[nH]c(C(C)=O)c1C. The van der Waals surface area contributed by atoms with Crippen molar-refractivity contribution in [1.29, 1.82) is 0 Å². The van der Waals surface area contributed by atoms with E-state index < -0.39 is 5.97 Å². The van der Waals surface area contributed by atoms with Gasteiger partial charge in [-0.25, -0.2) is 9.78 Å². The van der Waals surface area contributed by atoms with E-state index in [9.17, 15) is 14.4 Å². The molecule has 3 heterocycles. The van der Waals surface area contributed by atoms with E-state index in [1.165, 1.54) is 39.7 Å². The zero-order valence-electron chi connectivity index (χ0n) is 18.4. The minimum atomic E-state index is -0.572. The van der Waals surface area contributed by atoms with Crippen LogP contribution in [0.4, 0.5) is 5.82 Å². The molecule has 2 aromatic heterocycles. The number of carbonyl (C=O) groups excluding carboxylic acids is 3. The highest BCUT2D eigenvalue weighted by Gasteiger charge is 2.24. The highest BCUT2D eigenvalue weighted by atomic mass is 16.5. The standard InChI is InChI=1S/C23H30N4O4/c1-15-21(23(30)31-3)18(26-22(15)16(2)28)12-20(29)25-14-17-8-9-19(24-13-17)27-10-6-4-5-7-11-27/h8-9,13,26H,4-7,10-12,14H2,1-3H3,(H,25,29). The Kier molecular flexibility index (Phi) is 7.44. The van der Waals surface area contributed by atoms with Gasteiger partial charge in [-0.2, -0.15) is 0 Å². The largest absolute Gasteiger partial charge is 0.465 e. The molecule has 1 aliphatic rings. The first-order chi connectivity index (χ1) is 14.9. The van der Waals surface area contributed by atoms with Crippen molar-refractivity contribution in [3.63, 3.8) is 0 Å². The zero-order valence-corrected chi connectivity index (χ0v) is 18.4. The van der Waals surface area contributed by atoms with Gasteiger partial charge in [0.25, 0.3) is 0 Å². The molecule has 3 rings (SSSR count). The number of ketones is 1. The molecular formula is C23H30N4O4. The Labute approximate surface area is 182 Å². The van der Waals surface area contributed by atoms with Crippen molar-refractivity contribution in [2.24, 2.45) is 0 Å². The van der Waals surface area contributed by atoms with E-state index in [1.54, 1.807) is 13.1 Å². The number of rotatable bonds is 7. The lowest BCUT2D eigenvalue weighted by Gasteiger charge is -2.21. The third kappa shape index (κ3) is 5.51. The molecule has 0 aliphatic carbocycles. The predicted molar refractivity (Wildman–Crippen MR) is 117 cm³/mol. The lowest BCUT2D eigenvalue weighted by Crippen LogP contribution is -2.26. The molecule has 31 heavy (non-hydrogen) atoms. The number of ether oxygens (including phenoxy) is 1. The van der Waals surface area contributed by atoms with Crippen molar-refractivity contribution in [2.45, 2.75) is 52.5 Å². The summed E-state index contributed by atoms with van der Waals surface area (Å²) < 4.78 is 4.82. The third-order valence-corrected chi connectivity index (χ3v) is 5.64. The molecule has 0 bridgehead atoms. The number of aromatic nitrogens is 2. The Bertz CT molecular complexity index is 941. The second-order valence-corrected chi connectivity index (χ2v) is 7.91. The minimum Gasteiger partial charge on any atom is -0.465 e. The first-order valence-corrected chi connectivity index (χ1v) is 10.7. The van der Waals surface area contributed by atoms with Crippen LogP contribution in [0.3, 0.4) is 0 Å². The number of esters is 1. The van der Waals surface area contributed by atoms with Crippen LogP contribution in [0.2, 0.25) is 0 Å². The number of nitrogens with zero attached hydrogens (tertiary/aromatic N) is 2. The second kappa shape index (κ2) is 10.2. The zero-order chi connectivity index (χ0) is 22.4. The topological polar surface area (TPSA) is 104 Å². The third-order valence-electron chi connectivity index (χ3n) is 5.64. The number of Topliss-reactive ketones (excluding diaryl/α,β-unsaturated/α-hetero) is 1. The fourth-order valence-corrected chi connectivity index (χ4v) is 3.95. The monoisotopic (exact) mass is 426 g/mol. The second-order valence-electron chi connectivity index (χ2n) is 7.91. The Balaban J connectivity index is 1.62. The summed E-state index contributed by atoms with van der Waals surface area (Å²) in [7, 11) is 1.27. The van der Waals surface area contributed by atoms with Crippen LogP contribution in [0.1, 0.15) is 70.3 Å². The van der Waals surface area contributed by atoms with Crippen molar-refractivity contribution in [3.8, 4) is 0 Å². The molecule has 1 amide bonds. The number of hydrogen-bond donors (Lipinski definition) is 2. The number of hydrogen-bond acceptors (Lipinski definition) is 6. The van der Waals surface area contributed by atoms with Gasteiger partial charge in [0, 0.05) is 38.4 Å². The molecule has 166 valence electrons. The number of aromatic amines is 1. The first-order valence-electron chi connectivity index (χ1n) is 10.7. The van der Waals surface area contributed by atoms with Gasteiger partial charge in [-0.3, -0.25) is 9.59 Å². The first kappa shape index (κ1) is 22.5. The highest BCUT2D eigenvalue weighted by Crippen LogP contribution is 2.21. The Morgan fingerprint density at radius 3 is 2.45 bits per heavy atom. The van der Waals surface area contributed by atoms with Crippen LogP contribution in [0.5, 0.6) is 0 Å². The summed E-state index contributed by atoms with van der Waals surface area (Å²) in [6.07, 6.45) is 6.65. The molecule has 0 unspecified atom stereocenters. The molecule has 0 saturated carbocycles. The maximum atomic E-state index is 12.5. The van der Waals surface area contributed by atoms with Crippen molar-refractivity contribution < 1.29 is 19.1 Å².